The Hall–Kier alpha value is -8.44. The van der Waals surface area contributed by atoms with Crippen LogP contribution in [0.15, 0.2) is 232 Å². The molecule has 0 N–H and O–H groups in total. The summed E-state index contributed by atoms with van der Waals surface area (Å²) < 4.78 is 6.49. The van der Waals surface area contributed by atoms with E-state index in [1.807, 2.05) is 6.08 Å². The van der Waals surface area contributed by atoms with E-state index in [1.165, 1.54) is 19.6 Å². The van der Waals surface area contributed by atoms with Crippen molar-refractivity contribution in [3.05, 3.63) is 224 Å². The number of benzene rings is 8. The molecule has 7 heteroatoms. The van der Waals surface area contributed by atoms with Gasteiger partial charge < -0.3 is 0 Å². The summed E-state index contributed by atoms with van der Waals surface area (Å²) in [6.07, 6.45) is 9.55. The first-order valence-corrected chi connectivity index (χ1v) is 23.3. The van der Waals surface area contributed by atoms with Crippen LogP contribution in [0.4, 0.5) is 0 Å². The predicted molar refractivity (Wildman–Crippen MR) is 268 cm³/mol. The Morgan fingerprint density at radius 3 is 1.23 bits per heavy atom. The van der Waals surface area contributed by atoms with E-state index >= 15 is 0 Å². The fraction of sp³-hybridized carbons (Fsp3) is 0.0172. The summed E-state index contributed by atoms with van der Waals surface area (Å²) >= 11 is 0. The van der Waals surface area contributed by atoms with Crippen LogP contribution in [0.3, 0.4) is 0 Å². The van der Waals surface area contributed by atoms with E-state index in [1.54, 1.807) is 6.08 Å². The molecule has 8 aromatic carbocycles. The van der Waals surface area contributed by atoms with Gasteiger partial charge in [-0.25, -0.2) is 0 Å². The normalized spacial score (nSPS) is 12.2. The van der Waals surface area contributed by atoms with Crippen LogP contribution in [0.1, 0.15) is 11.3 Å². The van der Waals surface area contributed by atoms with Crippen molar-refractivity contribution in [3.63, 3.8) is 0 Å². The highest BCUT2D eigenvalue weighted by molar-refractivity contribution is 8.34. The van der Waals surface area contributed by atoms with E-state index in [-0.39, 0.29) is 0 Å². The average Bonchev–Trinajstić information content (AvgIpc) is 3.99. The zero-order chi connectivity index (χ0) is 43.5. The molecule has 6 nitrogen and oxygen atoms in total. The topological polar surface area (TPSA) is 53.5 Å². The molecule has 0 radical (unpaired) electrons. The molecule has 12 aromatic rings. The van der Waals surface area contributed by atoms with Gasteiger partial charge in [0.05, 0.1) is 33.3 Å². The second kappa shape index (κ2) is 15.4. The summed E-state index contributed by atoms with van der Waals surface area (Å²) in [6.45, 7) is 2.12. The van der Waals surface area contributed by atoms with Crippen LogP contribution >= 0.6 is 10.0 Å². The molecule has 0 aliphatic carbocycles. The van der Waals surface area contributed by atoms with Gasteiger partial charge in [-0.15, -0.1) is 16.5 Å². The molecule has 0 unspecified atom stereocenters. The molecule has 65 heavy (non-hydrogen) atoms. The van der Waals surface area contributed by atoms with Gasteiger partial charge in [0.25, 0.3) is 0 Å². The Morgan fingerprint density at radius 1 is 0.400 bits per heavy atom. The maximum absolute atomic E-state index is 5.84. The molecule has 0 bridgehead atoms. The molecule has 12 rings (SSSR count). The fourth-order valence-electron chi connectivity index (χ4n) is 9.79. The van der Waals surface area contributed by atoms with Crippen molar-refractivity contribution in [2.45, 2.75) is 26.5 Å². The molecule has 308 valence electrons. The number of hydrogen-bond donors (Lipinski definition) is 0. The minimum absolute atomic E-state index is 0.482. The van der Waals surface area contributed by atoms with E-state index in [9.17, 15) is 0 Å². The fourth-order valence-corrected chi connectivity index (χ4v) is 13.7. The summed E-state index contributed by atoms with van der Waals surface area (Å²) in [5.74, 6) is 4.20. The SMILES string of the molecule is C#C/C=C\c1c(C)c2ccccc2n1-c1nc(-n2c3ccccc3c3ccccc32)nc(-n2c3ccccc3c3cc(S(c4ccccc4)(c4ccccc4)c4ccccc4)ccc32)n1. The van der Waals surface area contributed by atoms with Crippen LogP contribution < -0.4 is 0 Å². The monoisotopic (exact) mass is 852 g/mol. The number of terminal acetylenes is 1. The van der Waals surface area contributed by atoms with E-state index in [0.29, 0.717) is 17.8 Å². The van der Waals surface area contributed by atoms with Crippen LogP contribution in [0.25, 0.3) is 78.4 Å². The lowest BCUT2D eigenvalue weighted by atomic mass is 10.1. The second-order valence-corrected chi connectivity index (χ2v) is 19.2. The van der Waals surface area contributed by atoms with Crippen LogP contribution in [0.2, 0.25) is 0 Å². The number of para-hydroxylation sites is 4. The average molecular weight is 853 g/mol. The van der Waals surface area contributed by atoms with Gasteiger partial charge in [-0.05, 0) is 104 Å². The zero-order valence-electron chi connectivity index (χ0n) is 35.5. The van der Waals surface area contributed by atoms with Crippen molar-refractivity contribution >= 4 is 70.6 Å². The lowest BCUT2D eigenvalue weighted by Gasteiger charge is -2.42. The van der Waals surface area contributed by atoms with Gasteiger partial charge in [0.2, 0.25) is 17.8 Å². The molecule has 4 heterocycles. The van der Waals surface area contributed by atoms with Gasteiger partial charge in [-0.3, -0.25) is 13.7 Å². The van der Waals surface area contributed by atoms with Crippen LogP contribution in [0.5, 0.6) is 0 Å². The second-order valence-electron chi connectivity index (χ2n) is 16.1. The van der Waals surface area contributed by atoms with Crippen LogP contribution in [-0.2, 0) is 0 Å². The Kier molecular flexibility index (Phi) is 9.08. The van der Waals surface area contributed by atoms with Crippen molar-refractivity contribution in [1.82, 2.24) is 28.7 Å². The Bertz CT molecular complexity index is 3710. The quantitative estimate of drug-likeness (QED) is 0.143. The van der Waals surface area contributed by atoms with Crippen molar-refractivity contribution in [1.29, 1.82) is 0 Å². The minimum atomic E-state index is -1.96. The Balaban J connectivity index is 1.19. The first-order chi connectivity index (χ1) is 32.1. The summed E-state index contributed by atoms with van der Waals surface area (Å²) in [4.78, 5) is 21.4. The zero-order valence-corrected chi connectivity index (χ0v) is 36.3. The van der Waals surface area contributed by atoms with Gasteiger partial charge in [-0.1, -0.05) is 133 Å². The highest BCUT2D eigenvalue weighted by Crippen LogP contribution is 2.73. The van der Waals surface area contributed by atoms with Gasteiger partial charge in [-0.2, -0.15) is 15.0 Å². The van der Waals surface area contributed by atoms with Gasteiger partial charge in [0, 0.05) is 46.5 Å². The third kappa shape index (κ3) is 5.89. The van der Waals surface area contributed by atoms with E-state index in [4.69, 9.17) is 21.4 Å². The lowest BCUT2D eigenvalue weighted by Crippen LogP contribution is -2.14. The molecule has 0 saturated heterocycles. The Morgan fingerprint density at radius 2 is 0.769 bits per heavy atom. The third-order valence-electron chi connectivity index (χ3n) is 12.6. The standard InChI is InChI=1S/C58H40N6S/c1-3-4-32-50-40(2)45-28-14-18-33-51(45)62(50)56-59-57(63-52-34-19-15-29-46(52)47-30-16-20-35-53(47)63)61-58(60-56)64-54-36-21-17-31-48(54)49-39-44(37-38-55(49)64)65(41-22-8-5-9-23-41,42-24-10-6-11-25-42)43-26-12-7-13-27-43/h1,4-39H,2H3/b32-4-. The van der Waals surface area contributed by atoms with Crippen molar-refractivity contribution < 1.29 is 0 Å². The van der Waals surface area contributed by atoms with Crippen molar-refractivity contribution in [3.8, 4) is 30.2 Å². The van der Waals surface area contributed by atoms with Crippen molar-refractivity contribution in [2.24, 2.45) is 0 Å². The van der Waals surface area contributed by atoms with E-state index in [2.05, 4.69) is 233 Å². The Labute approximate surface area is 377 Å². The molecular formula is C58H40N6S. The molecule has 0 amide bonds. The highest BCUT2D eigenvalue weighted by Gasteiger charge is 2.34. The minimum Gasteiger partial charge on any atom is -0.278 e. The largest absolute Gasteiger partial charge is 0.278 e. The summed E-state index contributed by atoms with van der Waals surface area (Å²) in [5.41, 5.74) is 6.95. The first kappa shape index (κ1) is 38.3. The number of rotatable bonds is 8. The summed E-state index contributed by atoms with van der Waals surface area (Å²) in [6, 6.07) is 73.8. The molecule has 0 spiro atoms. The predicted octanol–water partition coefficient (Wildman–Crippen LogP) is 14.3. The molecule has 0 saturated carbocycles. The molecule has 0 aliphatic heterocycles. The number of fused-ring (bicyclic) bond motifs is 7. The summed E-state index contributed by atoms with van der Waals surface area (Å²) in [5, 5.41) is 5.55. The first-order valence-electron chi connectivity index (χ1n) is 21.6. The third-order valence-corrected chi connectivity index (χ3v) is 16.5. The number of aryl methyl sites for hydroxylation is 1. The maximum atomic E-state index is 5.84. The number of hydrogen-bond acceptors (Lipinski definition) is 3. The van der Waals surface area contributed by atoms with Gasteiger partial charge in [0.1, 0.15) is 0 Å². The summed E-state index contributed by atoms with van der Waals surface area (Å²) in [7, 11) is -1.96. The smallest absolute Gasteiger partial charge is 0.241 e. The number of aromatic nitrogens is 6. The molecule has 0 atom stereocenters. The molecular weight excluding hydrogens is 813 g/mol. The van der Waals surface area contributed by atoms with Gasteiger partial charge in [0.15, 0.2) is 0 Å². The number of nitrogens with zero attached hydrogens (tertiary/aromatic N) is 6. The van der Waals surface area contributed by atoms with E-state index in [0.717, 1.165) is 65.8 Å². The number of allylic oxidation sites excluding steroid dienone is 1. The van der Waals surface area contributed by atoms with Crippen molar-refractivity contribution in [2.75, 3.05) is 0 Å². The lowest BCUT2D eigenvalue weighted by molar-refractivity contribution is 0.836. The van der Waals surface area contributed by atoms with E-state index < -0.39 is 10.0 Å². The van der Waals surface area contributed by atoms with Crippen LogP contribution in [0, 0.1) is 19.3 Å². The molecule has 0 fully saturated rings. The van der Waals surface area contributed by atoms with Gasteiger partial charge >= 0.3 is 0 Å². The molecule has 4 aromatic heterocycles. The molecule has 0 aliphatic rings. The maximum Gasteiger partial charge on any atom is 0.241 e. The van der Waals surface area contributed by atoms with Crippen LogP contribution in [-0.4, -0.2) is 28.7 Å². The highest BCUT2D eigenvalue weighted by atomic mass is 32.3.